The highest BCUT2D eigenvalue weighted by molar-refractivity contribution is 7.26. The van der Waals surface area contributed by atoms with Crippen molar-refractivity contribution in [3.63, 3.8) is 0 Å². The van der Waals surface area contributed by atoms with Crippen molar-refractivity contribution in [2.45, 2.75) is 13.3 Å². The predicted molar refractivity (Wildman–Crippen MR) is 119 cm³/mol. The van der Waals surface area contributed by atoms with Gasteiger partial charge in [-0.1, -0.05) is 6.07 Å². The Kier molecular flexibility index (Phi) is 5.60. The van der Waals surface area contributed by atoms with Gasteiger partial charge in [-0.15, -0.1) is 45.6 Å². The van der Waals surface area contributed by atoms with Crippen molar-refractivity contribution >= 4 is 57.5 Å². The first kappa shape index (κ1) is 18.0. The summed E-state index contributed by atoms with van der Waals surface area (Å²) in [5.74, 6) is 1.79. The molecular weight excluding hydrogens is 400 g/mol. The normalized spacial score (nSPS) is 15.8. The molecule has 26 heavy (non-hydrogen) atoms. The molecule has 1 aliphatic heterocycles. The summed E-state index contributed by atoms with van der Waals surface area (Å²) < 4.78 is 0. The highest BCUT2D eigenvalue weighted by Crippen LogP contribution is 2.39. The van der Waals surface area contributed by atoms with Gasteiger partial charge in [-0.05, 0) is 55.1 Å². The second kappa shape index (κ2) is 8.09. The molecule has 0 N–H and O–H groups in total. The highest BCUT2D eigenvalue weighted by Gasteiger charge is 2.16. The fourth-order valence-electron chi connectivity index (χ4n) is 2.94. The molecule has 0 spiro atoms. The number of hydrogen-bond acceptors (Lipinski definition) is 5. The SMILES string of the molecule is CC1=N/C(=C/c2ccc(-c3ccc(-c4cccs4)s3)s2)CN1CCCCl. The van der Waals surface area contributed by atoms with Gasteiger partial charge in [-0.3, -0.25) is 0 Å². The third kappa shape index (κ3) is 3.96. The number of rotatable bonds is 6. The lowest BCUT2D eigenvalue weighted by Crippen LogP contribution is -2.26. The van der Waals surface area contributed by atoms with E-state index in [-0.39, 0.29) is 0 Å². The lowest BCUT2D eigenvalue weighted by Gasteiger charge is -2.16. The summed E-state index contributed by atoms with van der Waals surface area (Å²) in [6.07, 6.45) is 3.21. The fourth-order valence-corrected chi connectivity index (χ4v) is 5.96. The second-order valence-electron chi connectivity index (χ2n) is 6.10. The van der Waals surface area contributed by atoms with Crippen LogP contribution < -0.4 is 0 Å². The molecule has 0 radical (unpaired) electrons. The number of thiophene rings is 3. The molecule has 3 aromatic heterocycles. The number of aliphatic imine (C=N–C) groups is 1. The van der Waals surface area contributed by atoms with E-state index in [9.17, 15) is 0 Å². The van der Waals surface area contributed by atoms with Crippen LogP contribution in [0.5, 0.6) is 0 Å². The molecule has 0 aliphatic carbocycles. The van der Waals surface area contributed by atoms with E-state index in [0.717, 1.165) is 31.0 Å². The van der Waals surface area contributed by atoms with E-state index in [1.807, 2.05) is 22.7 Å². The van der Waals surface area contributed by atoms with E-state index in [0.29, 0.717) is 5.88 Å². The Labute approximate surface area is 171 Å². The Morgan fingerprint density at radius 2 is 1.85 bits per heavy atom. The molecular formula is C20H19ClN2S3. The van der Waals surface area contributed by atoms with Crippen LogP contribution in [0.1, 0.15) is 18.2 Å². The largest absolute Gasteiger partial charge is 0.354 e. The van der Waals surface area contributed by atoms with Gasteiger partial charge in [-0.2, -0.15) is 0 Å². The van der Waals surface area contributed by atoms with E-state index >= 15 is 0 Å². The molecule has 0 amide bonds. The first-order chi connectivity index (χ1) is 12.7. The van der Waals surface area contributed by atoms with Crippen LogP contribution in [-0.4, -0.2) is 29.7 Å². The molecule has 0 aromatic carbocycles. The van der Waals surface area contributed by atoms with Gasteiger partial charge in [0, 0.05) is 36.8 Å². The van der Waals surface area contributed by atoms with Crippen molar-refractivity contribution < 1.29 is 0 Å². The first-order valence-electron chi connectivity index (χ1n) is 8.53. The molecule has 0 saturated heterocycles. The van der Waals surface area contributed by atoms with Gasteiger partial charge in [-0.25, -0.2) is 4.99 Å². The monoisotopic (exact) mass is 418 g/mol. The molecule has 4 heterocycles. The standard InChI is InChI=1S/C20H19ClN2S3/c1-14-22-15(13-23(14)10-3-9-21)12-16-5-6-19(25-16)20-8-7-18(26-20)17-4-2-11-24-17/h2,4-8,11-12H,3,9-10,13H2,1H3/b15-12+. The van der Waals surface area contributed by atoms with Gasteiger partial charge in [0.15, 0.2) is 0 Å². The molecule has 0 fully saturated rings. The van der Waals surface area contributed by atoms with Crippen LogP contribution in [0.4, 0.5) is 0 Å². The van der Waals surface area contributed by atoms with Crippen LogP contribution in [0.25, 0.3) is 25.6 Å². The molecule has 3 aromatic rings. The van der Waals surface area contributed by atoms with Gasteiger partial charge in [0.25, 0.3) is 0 Å². The van der Waals surface area contributed by atoms with Crippen molar-refractivity contribution in [1.82, 2.24) is 4.90 Å². The molecule has 0 atom stereocenters. The fraction of sp³-hybridized carbons (Fsp3) is 0.250. The number of alkyl halides is 1. The summed E-state index contributed by atoms with van der Waals surface area (Å²) in [5, 5.41) is 2.13. The average molecular weight is 419 g/mol. The van der Waals surface area contributed by atoms with E-state index in [4.69, 9.17) is 16.6 Å². The van der Waals surface area contributed by atoms with Crippen LogP contribution in [0, 0.1) is 0 Å². The van der Waals surface area contributed by atoms with Crippen LogP contribution in [0.3, 0.4) is 0 Å². The number of amidine groups is 1. The Bertz CT molecular complexity index is 934. The second-order valence-corrected chi connectivity index (χ2v) is 9.63. The van der Waals surface area contributed by atoms with Crippen LogP contribution in [0.2, 0.25) is 0 Å². The summed E-state index contributed by atoms with van der Waals surface area (Å²) in [6.45, 7) is 3.94. The minimum absolute atomic E-state index is 0.700. The lowest BCUT2D eigenvalue weighted by molar-refractivity contribution is 0.469. The number of hydrogen-bond donors (Lipinski definition) is 0. The summed E-state index contributed by atoms with van der Waals surface area (Å²) in [7, 11) is 0. The zero-order chi connectivity index (χ0) is 17.9. The Hall–Kier alpha value is -1.40. The van der Waals surface area contributed by atoms with E-state index in [2.05, 4.69) is 59.7 Å². The van der Waals surface area contributed by atoms with Crippen molar-refractivity contribution in [2.24, 2.45) is 4.99 Å². The number of nitrogens with zero attached hydrogens (tertiary/aromatic N) is 2. The third-order valence-corrected chi connectivity index (χ3v) is 7.87. The maximum atomic E-state index is 5.81. The Balaban J connectivity index is 1.49. The maximum Gasteiger partial charge on any atom is 0.102 e. The minimum atomic E-state index is 0.700. The lowest BCUT2D eigenvalue weighted by atomic mass is 10.3. The van der Waals surface area contributed by atoms with Crippen molar-refractivity contribution in [3.8, 4) is 19.5 Å². The van der Waals surface area contributed by atoms with Gasteiger partial charge in [0.1, 0.15) is 5.84 Å². The van der Waals surface area contributed by atoms with E-state index in [1.165, 1.54) is 24.4 Å². The van der Waals surface area contributed by atoms with E-state index < -0.39 is 0 Å². The van der Waals surface area contributed by atoms with Crippen molar-refractivity contribution in [1.29, 1.82) is 0 Å². The number of halogens is 1. The van der Waals surface area contributed by atoms with E-state index in [1.54, 1.807) is 11.3 Å². The molecule has 2 nitrogen and oxygen atoms in total. The zero-order valence-corrected chi connectivity index (χ0v) is 17.6. The minimum Gasteiger partial charge on any atom is -0.354 e. The summed E-state index contributed by atoms with van der Waals surface area (Å²) in [6, 6.07) is 13.2. The highest BCUT2D eigenvalue weighted by atomic mass is 35.5. The topological polar surface area (TPSA) is 15.6 Å². The van der Waals surface area contributed by atoms with Crippen LogP contribution in [-0.2, 0) is 0 Å². The molecule has 134 valence electrons. The molecule has 0 unspecified atom stereocenters. The van der Waals surface area contributed by atoms with Gasteiger partial charge in [0.05, 0.1) is 12.2 Å². The van der Waals surface area contributed by atoms with Gasteiger partial charge in [0.2, 0.25) is 0 Å². The van der Waals surface area contributed by atoms with Crippen molar-refractivity contribution in [2.75, 3.05) is 19.0 Å². The smallest absolute Gasteiger partial charge is 0.102 e. The Morgan fingerprint density at radius 3 is 2.62 bits per heavy atom. The van der Waals surface area contributed by atoms with Gasteiger partial charge >= 0.3 is 0 Å². The molecule has 0 bridgehead atoms. The quantitative estimate of drug-likeness (QED) is 0.397. The first-order valence-corrected chi connectivity index (χ1v) is 11.6. The van der Waals surface area contributed by atoms with Gasteiger partial charge < -0.3 is 4.90 Å². The summed E-state index contributed by atoms with van der Waals surface area (Å²) in [4.78, 5) is 13.6. The van der Waals surface area contributed by atoms with Crippen LogP contribution >= 0.6 is 45.6 Å². The average Bonchev–Trinajstić information content (AvgIpc) is 3.40. The van der Waals surface area contributed by atoms with Crippen LogP contribution in [0.15, 0.2) is 52.5 Å². The molecule has 4 rings (SSSR count). The molecule has 6 heteroatoms. The molecule has 0 saturated carbocycles. The third-order valence-electron chi connectivity index (χ3n) is 4.23. The summed E-state index contributed by atoms with van der Waals surface area (Å²) >= 11 is 11.3. The van der Waals surface area contributed by atoms with Crippen molar-refractivity contribution in [3.05, 3.63) is 52.4 Å². The maximum absolute atomic E-state index is 5.81. The predicted octanol–water partition coefficient (Wildman–Crippen LogP) is 6.91. The Morgan fingerprint density at radius 1 is 1.08 bits per heavy atom. The zero-order valence-electron chi connectivity index (χ0n) is 14.4. The summed E-state index contributed by atoms with van der Waals surface area (Å²) in [5.41, 5.74) is 1.14. The molecule has 1 aliphatic rings.